The second-order valence-corrected chi connectivity index (χ2v) is 4.54. The van der Waals surface area contributed by atoms with Crippen molar-refractivity contribution in [1.82, 2.24) is 4.90 Å². The van der Waals surface area contributed by atoms with Gasteiger partial charge in [0, 0.05) is 0 Å². The summed E-state index contributed by atoms with van der Waals surface area (Å²) < 4.78 is 6.40. The van der Waals surface area contributed by atoms with Gasteiger partial charge in [-0.25, -0.2) is 0 Å². The van der Waals surface area contributed by atoms with E-state index in [1.54, 1.807) is 7.11 Å². The van der Waals surface area contributed by atoms with Crippen molar-refractivity contribution >= 4 is 20.1 Å². The Morgan fingerprint density at radius 2 is 1.80 bits per heavy atom. The molecular formula is C12H15NOSe. The van der Waals surface area contributed by atoms with Gasteiger partial charge in [-0.2, -0.15) is 0 Å². The van der Waals surface area contributed by atoms with Crippen LogP contribution in [0.3, 0.4) is 0 Å². The third-order valence-electron chi connectivity index (χ3n) is 2.73. The van der Waals surface area contributed by atoms with Crippen molar-refractivity contribution in [2.75, 3.05) is 20.2 Å². The molecule has 0 unspecified atom stereocenters. The Balaban J connectivity index is 2.11. The maximum absolute atomic E-state index is 5.14. The van der Waals surface area contributed by atoms with Gasteiger partial charge in [-0.15, -0.1) is 0 Å². The Bertz CT molecular complexity index is 341. The van der Waals surface area contributed by atoms with Crippen LogP contribution in [0.25, 0.3) is 0 Å². The average molecular weight is 268 g/mol. The van der Waals surface area contributed by atoms with Crippen LogP contribution in [0.1, 0.15) is 18.4 Å². The summed E-state index contributed by atoms with van der Waals surface area (Å²) in [5.41, 5.74) is 1.25. The molecule has 15 heavy (non-hydrogen) atoms. The van der Waals surface area contributed by atoms with Crippen molar-refractivity contribution in [3.8, 4) is 5.75 Å². The Morgan fingerprint density at radius 3 is 2.33 bits per heavy atom. The molecule has 1 aromatic carbocycles. The third-order valence-corrected chi connectivity index (χ3v) is 3.77. The van der Waals surface area contributed by atoms with Crippen molar-refractivity contribution in [3.05, 3.63) is 29.8 Å². The zero-order chi connectivity index (χ0) is 10.7. The van der Waals surface area contributed by atoms with Crippen LogP contribution in [0, 0.1) is 0 Å². The molecule has 0 N–H and O–H groups in total. The van der Waals surface area contributed by atoms with E-state index < -0.39 is 0 Å². The molecule has 0 saturated carbocycles. The first-order valence-electron chi connectivity index (χ1n) is 5.24. The van der Waals surface area contributed by atoms with Crippen molar-refractivity contribution < 1.29 is 4.74 Å². The first-order valence-corrected chi connectivity index (χ1v) is 6.10. The predicted octanol–water partition coefficient (Wildman–Crippen LogP) is 1.44. The summed E-state index contributed by atoms with van der Waals surface area (Å²) in [4.78, 5) is 2.40. The molecular weight excluding hydrogens is 253 g/mol. The molecule has 0 bridgehead atoms. The Kier molecular flexibility index (Phi) is 3.45. The topological polar surface area (TPSA) is 12.5 Å². The van der Waals surface area contributed by atoms with E-state index in [2.05, 4.69) is 32.6 Å². The van der Waals surface area contributed by atoms with Crippen LogP contribution in [0.15, 0.2) is 24.3 Å². The van der Waals surface area contributed by atoms with Crippen molar-refractivity contribution in [2.24, 2.45) is 0 Å². The van der Waals surface area contributed by atoms with E-state index in [0.29, 0.717) is 0 Å². The van der Waals surface area contributed by atoms with Crippen molar-refractivity contribution in [2.45, 2.75) is 12.8 Å². The molecule has 0 spiro atoms. The number of methoxy groups -OCH3 is 1. The van der Waals surface area contributed by atoms with Crippen LogP contribution in [0.2, 0.25) is 0 Å². The van der Waals surface area contributed by atoms with Gasteiger partial charge in [-0.05, 0) is 0 Å². The molecule has 1 fully saturated rings. The summed E-state index contributed by atoms with van der Waals surface area (Å²) in [5.74, 6) is 0.910. The first kappa shape index (κ1) is 10.7. The monoisotopic (exact) mass is 269 g/mol. The standard InChI is InChI=1S/C12H15NOSe/c1-14-11-6-4-10(5-7-11)12(15)13-8-2-3-9-13/h4-7H,2-3,8-9H2,1H3. The van der Waals surface area contributed by atoms with Crippen LogP contribution in [-0.4, -0.2) is 45.2 Å². The van der Waals surface area contributed by atoms with E-state index in [0.717, 1.165) is 5.75 Å². The van der Waals surface area contributed by atoms with Gasteiger partial charge in [-0.1, -0.05) is 0 Å². The van der Waals surface area contributed by atoms with Gasteiger partial charge in [0.1, 0.15) is 0 Å². The van der Waals surface area contributed by atoms with E-state index >= 15 is 0 Å². The molecule has 1 aliphatic heterocycles. The summed E-state index contributed by atoms with van der Waals surface area (Å²) in [6, 6.07) is 8.21. The number of nitrogens with zero attached hydrogens (tertiary/aromatic N) is 1. The summed E-state index contributed by atoms with van der Waals surface area (Å²) >= 11 is 3.17. The van der Waals surface area contributed by atoms with E-state index in [9.17, 15) is 0 Å². The van der Waals surface area contributed by atoms with Crippen molar-refractivity contribution in [1.29, 1.82) is 0 Å². The molecule has 1 heterocycles. The Morgan fingerprint density at radius 1 is 1.20 bits per heavy atom. The van der Waals surface area contributed by atoms with Crippen molar-refractivity contribution in [3.63, 3.8) is 0 Å². The number of rotatable bonds is 3. The first-order chi connectivity index (χ1) is 7.31. The van der Waals surface area contributed by atoms with Crippen LogP contribution in [0.4, 0.5) is 0 Å². The zero-order valence-corrected chi connectivity index (χ0v) is 10.6. The Hall–Kier alpha value is -0.791. The molecule has 3 heteroatoms. The fraction of sp³-hybridized carbons (Fsp3) is 0.417. The van der Waals surface area contributed by atoms with Gasteiger partial charge in [-0.3, -0.25) is 0 Å². The molecule has 0 atom stereocenters. The zero-order valence-electron chi connectivity index (χ0n) is 8.90. The molecule has 0 aliphatic carbocycles. The van der Waals surface area contributed by atoms with Gasteiger partial charge >= 0.3 is 98.4 Å². The molecule has 80 valence electrons. The molecule has 1 aliphatic rings. The fourth-order valence-corrected chi connectivity index (χ4v) is 2.50. The van der Waals surface area contributed by atoms with Gasteiger partial charge in [0.05, 0.1) is 0 Å². The fourth-order valence-electron chi connectivity index (χ4n) is 1.84. The number of ether oxygens (including phenoxy) is 1. The van der Waals surface area contributed by atoms with E-state index in [4.69, 9.17) is 4.74 Å². The number of hydrogen-bond donors (Lipinski definition) is 0. The molecule has 2 rings (SSSR count). The minimum absolute atomic E-state index is 0.910. The number of hydrogen-bond acceptors (Lipinski definition) is 2. The average Bonchev–Trinajstić information content (AvgIpc) is 2.82. The van der Waals surface area contributed by atoms with Crippen LogP contribution in [0.5, 0.6) is 5.75 Å². The molecule has 2 nitrogen and oxygen atoms in total. The Labute approximate surface area is 98.6 Å². The summed E-state index contributed by atoms with van der Waals surface area (Å²) in [6.07, 6.45) is 2.61. The van der Waals surface area contributed by atoms with E-state index in [1.165, 1.54) is 36.0 Å². The molecule has 0 amide bonds. The summed E-state index contributed by atoms with van der Waals surface area (Å²) in [6.45, 7) is 2.35. The van der Waals surface area contributed by atoms with Gasteiger partial charge < -0.3 is 0 Å². The molecule has 1 saturated heterocycles. The maximum atomic E-state index is 5.14. The third kappa shape index (κ3) is 2.42. The summed E-state index contributed by atoms with van der Waals surface area (Å²) in [7, 11) is 1.69. The minimum atomic E-state index is 0.910. The normalized spacial score (nSPS) is 15.4. The molecule has 1 aromatic rings. The quantitative estimate of drug-likeness (QED) is 0.769. The predicted molar refractivity (Wildman–Crippen MR) is 63.7 cm³/mol. The number of likely N-dealkylation sites (tertiary alicyclic amines) is 1. The SMILES string of the molecule is COc1ccc(C(=[Se])N2CCCC2)cc1. The van der Waals surface area contributed by atoms with Gasteiger partial charge in [0.2, 0.25) is 0 Å². The van der Waals surface area contributed by atoms with Gasteiger partial charge in [0.15, 0.2) is 0 Å². The van der Waals surface area contributed by atoms with Crippen LogP contribution < -0.4 is 4.74 Å². The van der Waals surface area contributed by atoms with E-state index in [-0.39, 0.29) is 0 Å². The van der Waals surface area contributed by atoms with Crippen LogP contribution in [-0.2, 0) is 0 Å². The second kappa shape index (κ2) is 4.82. The van der Waals surface area contributed by atoms with Crippen LogP contribution >= 0.6 is 0 Å². The van der Waals surface area contributed by atoms with Gasteiger partial charge in [0.25, 0.3) is 0 Å². The number of benzene rings is 1. The molecule has 0 aromatic heterocycles. The summed E-state index contributed by atoms with van der Waals surface area (Å²) in [5, 5.41) is 0. The second-order valence-electron chi connectivity index (χ2n) is 3.73. The van der Waals surface area contributed by atoms with E-state index in [1.807, 2.05) is 12.1 Å². The molecule has 0 radical (unpaired) electrons.